The first-order chi connectivity index (χ1) is 9.11. The number of hydrogen-bond acceptors (Lipinski definition) is 5. The van der Waals surface area contributed by atoms with Crippen molar-refractivity contribution in [2.24, 2.45) is 0 Å². The summed E-state index contributed by atoms with van der Waals surface area (Å²) in [6.07, 6.45) is -0.984. The standard InChI is InChI=1S/C13H15N3O3/c14-10-5-12(13(19)15-6-8(18)7-17)16-11-4-2-1-3-9(10)11/h1-5,8,17-18H,6-7H2,(H2,14,16)(H,15,19). The van der Waals surface area contributed by atoms with E-state index in [1.54, 1.807) is 6.07 Å². The number of nitrogens with one attached hydrogen (secondary N) is 1. The Morgan fingerprint density at radius 2 is 2.16 bits per heavy atom. The molecule has 1 unspecified atom stereocenters. The van der Waals surface area contributed by atoms with Crippen LogP contribution in [0, 0.1) is 0 Å². The van der Waals surface area contributed by atoms with Crippen LogP contribution in [-0.4, -0.2) is 40.4 Å². The van der Waals surface area contributed by atoms with Crippen molar-refractivity contribution < 1.29 is 15.0 Å². The Kier molecular flexibility index (Phi) is 3.94. The van der Waals surface area contributed by atoms with E-state index in [2.05, 4.69) is 10.3 Å². The van der Waals surface area contributed by atoms with E-state index in [9.17, 15) is 9.90 Å². The molecule has 2 aromatic rings. The lowest BCUT2D eigenvalue weighted by molar-refractivity contribution is 0.0799. The summed E-state index contributed by atoms with van der Waals surface area (Å²) in [6.45, 7) is -0.447. The van der Waals surface area contributed by atoms with Gasteiger partial charge in [-0.1, -0.05) is 18.2 Å². The minimum absolute atomic E-state index is 0.0380. The number of benzene rings is 1. The number of nitrogens with two attached hydrogens (primary N) is 1. The fraction of sp³-hybridized carbons (Fsp3) is 0.231. The number of pyridine rings is 1. The highest BCUT2D eigenvalue weighted by molar-refractivity contribution is 5.99. The molecular formula is C13H15N3O3. The minimum atomic E-state index is -0.984. The lowest BCUT2D eigenvalue weighted by Gasteiger charge is -2.10. The minimum Gasteiger partial charge on any atom is -0.398 e. The van der Waals surface area contributed by atoms with E-state index in [0.29, 0.717) is 11.2 Å². The van der Waals surface area contributed by atoms with Gasteiger partial charge in [0.05, 0.1) is 18.2 Å². The maximum atomic E-state index is 11.8. The van der Waals surface area contributed by atoms with Gasteiger partial charge in [0.15, 0.2) is 0 Å². The van der Waals surface area contributed by atoms with Crippen molar-refractivity contribution >= 4 is 22.5 Å². The van der Waals surface area contributed by atoms with Crippen LogP contribution in [0.15, 0.2) is 30.3 Å². The zero-order chi connectivity index (χ0) is 13.8. The molecule has 19 heavy (non-hydrogen) atoms. The van der Waals surface area contributed by atoms with Crippen LogP contribution in [0.3, 0.4) is 0 Å². The molecule has 0 spiro atoms. The van der Waals surface area contributed by atoms with Gasteiger partial charge in [0, 0.05) is 17.6 Å². The smallest absolute Gasteiger partial charge is 0.270 e. The third-order valence-corrected chi connectivity index (χ3v) is 2.69. The molecule has 0 saturated carbocycles. The molecule has 0 radical (unpaired) electrons. The number of hydrogen-bond donors (Lipinski definition) is 4. The second-order valence-electron chi connectivity index (χ2n) is 4.16. The number of aliphatic hydroxyl groups is 2. The fourth-order valence-corrected chi connectivity index (χ4v) is 1.68. The number of aliphatic hydroxyl groups excluding tert-OH is 2. The molecule has 1 atom stereocenters. The molecule has 100 valence electrons. The lowest BCUT2D eigenvalue weighted by Crippen LogP contribution is -2.34. The van der Waals surface area contributed by atoms with Gasteiger partial charge in [-0.05, 0) is 12.1 Å². The predicted octanol–water partition coefficient (Wildman–Crippen LogP) is -0.100. The highest BCUT2D eigenvalue weighted by atomic mass is 16.3. The van der Waals surface area contributed by atoms with Gasteiger partial charge in [-0.3, -0.25) is 4.79 Å². The first-order valence-corrected chi connectivity index (χ1v) is 5.84. The summed E-state index contributed by atoms with van der Waals surface area (Å²) in [7, 11) is 0. The summed E-state index contributed by atoms with van der Waals surface area (Å²) in [6, 6.07) is 8.74. The second-order valence-corrected chi connectivity index (χ2v) is 4.16. The second kappa shape index (κ2) is 5.64. The largest absolute Gasteiger partial charge is 0.398 e. The zero-order valence-electron chi connectivity index (χ0n) is 10.2. The molecule has 1 heterocycles. The van der Waals surface area contributed by atoms with Gasteiger partial charge in [-0.15, -0.1) is 0 Å². The van der Waals surface area contributed by atoms with Crippen LogP contribution in [0.25, 0.3) is 10.9 Å². The summed E-state index contributed by atoms with van der Waals surface area (Å²) in [5.41, 5.74) is 7.15. The van der Waals surface area contributed by atoms with E-state index in [1.807, 2.05) is 18.2 Å². The van der Waals surface area contributed by atoms with Gasteiger partial charge in [0.25, 0.3) is 5.91 Å². The molecule has 0 fully saturated rings. The van der Waals surface area contributed by atoms with Crippen molar-refractivity contribution in [1.82, 2.24) is 10.3 Å². The van der Waals surface area contributed by atoms with Gasteiger partial charge in [-0.25, -0.2) is 4.98 Å². The summed E-state index contributed by atoms with van der Waals surface area (Å²) >= 11 is 0. The van der Waals surface area contributed by atoms with Crippen molar-refractivity contribution in [3.63, 3.8) is 0 Å². The highest BCUT2D eigenvalue weighted by Crippen LogP contribution is 2.19. The summed E-state index contributed by atoms with van der Waals surface area (Å²) in [5.74, 6) is -0.440. The van der Waals surface area contributed by atoms with E-state index in [0.717, 1.165) is 5.39 Å². The normalized spacial score (nSPS) is 12.3. The van der Waals surface area contributed by atoms with Gasteiger partial charge < -0.3 is 21.3 Å². The Labute approximate surface area is 109 Å². The Morgan fingerprint density at radius 3 is 2.89 bits per heavy atom. The molecule has 6 nitrogen and oxygen atoms in total. The molecular weight excluding hydrogens is 246 g/mol. The summed E-state index contributed by atoms with van der Waals surface area (Å²) in [5, 5.41) is 21.1. The molecule has 1 amide bonds. The van der Waals surface area contributed by atoms with E-state index >= 15 is 0 Å². The van der Waals surface area contributed by atoms with Crippen molar-refractivity contribution in [3.8, 4) is 0 Å². The Hall–Kier alpha value is -2.18. The van der Waals surface area contributed by atoms with Crippen molar-refractivity contribution in [3.05, 3.63) is 36.0 Å². The van der Waals surface area contributed by atoms with Crippen molar-refractivity contribution in [1.29, 1.82) is 0 Å². The molecule has 6 heteroatoms. The number of amides is 1. The first kappa shape index (κ1) is 13.3. The fourth-order valence-electron chi connectivity index (χ4n) is 1.68. The van der Waals surface area contributed by atoms with Crippen LogP contribution >= 0.6 is 0 Å². The van der Waals surface area contributed by atoms with Crippen LogP contribution in [0.5, 0.6) is 0 Å². The Morgan fingerprint density at radius 1 is 1.42 bits per heavy atom. The maximum absolute atomic E-state index is 11.8. The van der Waals surface area contributed by atoms with E-state index in [1.165, 1.54) is 6.07 Å². The SMILES string of the molecule is Nc1cc(C(=O)NCC(O)CO)nc2ccccc12. The molecule has 0 bridgehead atoms. The van der Waals surface area contributed by atoms with Gasteiger partial charge in [-0.2, -0.15) is 0 Å². The summed E-state index contributed by atoms with van der Waals surface area (Å²) in [4.78, 5) is 16.0. The van der Waals surface area contributed by atoms with Crippen LogP contribution in [0.1, 0.15) is 10.5 Å². The molecule has 0 saturated heterocycles. The molecule has 1 aromatic heterocycles. The number of para-hydroxylation sites is 1. The molecule has 0 aliphatic heterocycles. The number of anilines is 1. The Bertz CT molecular complexity index is 601. The lowest BCUT2D eigenvalue weighted by atomic mass is 10.1. The molecule has 5 N–H and O–H groups in total. The van der Waals surface area contributed by atoms with Gasteiger partial charge >= 0.3 is 0 Å². The topological polar surface area (TPSA) is 108 Å². The number of nitrogens with zero attached hydrogens (tertiary/aromatic N) is 1. The van der Waals surface area contributed by atoms with Gasteiger partial charge in [0.1, 0.15) is 5.69 Å². The highest BCUT2D eigenvalue weighted by Gasteiger charge is 2.12. The molecule has 0 aliphatic rings. The third kappa shape index (κ3) is 2.98. The maximum Gasteiger partial charge on any atom is 0.270 e. The van der Waals surface area contributed by atoms with Crippen LogP contribution in [-0.2, 0) is 0 Å². The summed E-state index contributed by atoms with van der Waals surface area (Å²) < 4.78 is 0. The van der Waals surface area contributed by atoms with Crippen molar-refractivity contribution in [2.45, 2.75) is 6.10 Å². The number of aromatic nitrogens is 1. The van der Waals surface area contributed by atoms with E-state index < -0.39 is 18.6 Å². The molecule has 2 rings (SSSR count). The predicted molar refractivity (Wildman–Crippen MR) is 71.6 cm³/mol. The number of nitrogen functional groups attached to an aromatic ring is 1. The van der Waals surface area contributed by atoms with Crippen molar-refractivity contribution in [2.75, 3.05) is 18.9 Å². The monoisotopic (exact) mass is 261 g/mol. The Balaban J connectivity index is 2.23. The van der Waals surface area contributed by atoms with Crippen LogP contribution < -0.4 is 11.1 Å². The molecule has 0 aliphatic carbocycles. The average molecular weight is 261 g/mol. The zero-order valence-corrected chi connectivity index (χ0v) is 10.2. The van der Waals surface area contributed by atoms with E-state index in [4.69, 9.17) is 10.8 Å². The first-order valence-electron chi connectivity index (χ1n) is 5.84. The van der Waals surface area contributed by atoms with Gasteiger partial charge in [0.2, 0.25) is 0 Å². The number of fused-ring (bicyclic) bond motifs is 1. The van der Waals surface area contributed by atoms with Crippen LogP contribution in [0.4, 0.5) is 5.69 Å². The molecule has 1 aromatic carbocycles. The number of carbonyl (C=O) groups is 1. The number of carbonyl (C=O) groups excluding carboxylic acids is 1. The van der Waals surface area contributed by atoms with E-state index in [-0.39, 0.29) is 12.2 Å². The quantitative estimate of drug-likeness (QED) is 0.614. The number of rotatable bonds is 4. The third-order valence-electron chi connectivity index (χ3n) is 2.69. The average Bonchev–Trinajstić information content (AvgIpc) is 2.44. The van der Waals surface area contributed by atoms with Crippen LogP contribution in [0.2, 0.25) is 0 Å².